The van der Waals surface area contributed by atoms with E-state index in [2.05, 4.69) is 32.9 Å². The van der Waals surface area contributed by atoms with Gasteiger partial charge in [0, 0.05) is 19.3 Å². The summed E-state index contributed by atoms with van der Waals surface area (Å²) in [5.74, 6) is -0.866. The lowest BCUT2D eigenvalue weighted by Crippen LogP contribution is -2.30. The summed E-state index contributed by atoms with van der Waals surface area (Å²) in [6, 6.07) is 0. The minimum absolute atomic E-state index is 0.0685. The van der Waals surface area contributed by atoms with Crippen LogP contribution in [0.4, 0.5) is 0 Å². The van der Waals surface area contributed by atoms with E-state index in [0.717, 1.165) is 64.2 Å². The van der Waals surface area contributed by atoms with Gasteiger partial charge in [0.2, 0.25) is 0 Å². The molecular formula is C51H96O6. The lowest BCUT2D eigenvalue weighted by molar-refractivity contribution is -0.167. The predicted octanol–water partition coefficient (Wildman–Crippen LogP) is 16.2. The third-order valence-electron chi connectivity index (χ3n) is 11.3. The third-order valence-corrected chi connectivity index (χ3v) is 11.3. The van der Waals surface area contributed by atoms with Crippen molar-refractivity contribution in [2.24, 2.45) is 0 Å². The van der Waals surface area contributed by atoms with E-state index in [-0.39, 0.29) is 31.1 Å². The van der Waals surface area contributed by atoms with E-state index in [0.29, 0.717) is 19.3 Å². The molecule has 6 heteroatoms. The van der Waals surface area contributed by atoms with E-state index in [9.17, 15) is 14.4 Å². The van der Waals surface area contributed by atoms with Crippen molar-refractivity contribution in [3.05, 3.63) is 12.2 Å². The van der Waals surface area contributed by atoms with Crippen LogP contribution in [0.2, 0.25) is 0 Å². The number of ether oxygens (including phenoxy) is 3. The van der Waals surface area contributed by atoms with E-state index >= 15 is 0 Å². The number of rotatable bonds is 46. The zero-order valence-corrected chi connectivity index (χ0v) is 38.4. The van der Waals surface area contributed by atoms with Crippen LogP contribution in [-0.4, -0.2) is 37.2 Å². The molecule has 0 amide bonds. The number of hydrogen-bond donors (Lipinski definition) is 0. The van der Waals surface area contributed by atoms with E-state index in [1.54, 1.807) is 0 Å². The van der Waals surface area contributed by atoms with Crippen molar-refractivity contribution in [3.63, 3.8) is 0 Å². The van der Waals surface area contributed by atoms with Crippen molar-refractivity contribution in [2.45, 2.75) is 284 Å². The number of esters is 3. The van der Waals surface area contributed by atoms with Crippen LogP contribution in [0.25, 0.3) is 0 Å². The largest absolute Gasteiger partial charge is 0.462 e. The first-order chi connectivity index (χ1) is 28.0. The molecule has 0 aliphatic rings. The van der Waals surface area contributed by atoms with Gasteiger partial charge in [0.1, 0.15) is 13.2 Å². The number of hydrogen-bond acceptors (Lipinski definition) is 6. The highest BCUT2D eigenvalue weighted by atomic mass is 16.6. The maximum Gasteiger partial charge on any atom is 0.306 e. The van der Waals surface area contributed by atoms with Crippen LogP contribution >= 0.6 is 0 Å². The quantitative estimate of drug-likeness (QED) is 0.0264. The zero-order valence-electron chi connectivity index (χ0n) is 38.4. The van der Waals surface area contributed by atoms with Gasteiger partial charge in [-0.2, -0.15) is 0 Å². The molecule has 0 fully saturated rings. The van der Waals surface area contributed by atoms with Crippen molar-refractivity contribution >= 4 is 17.9 Å². The Balaban J connectivity index is 4.27. The fourth-order valence-corrected chi connectivity index (χ4v) is 7.44. The monoisotopic (exact) mass is 805 g/mol. The van der Waals surface area contributed by atoms with Crippen LogP contribution < -0.4 is 0 Å². The number of allylic oxidation sites excluding steroid dienone is 2. The Labute approximate surface area is 354 Å². The maximum atomic E-state index is 12.7. The Morgan fingerprint density at radius 1 is 0.333 bits per heavy atom. The number of carbonyl (C=O) groups excluding carboxylic acids is 3. The lowest BCUT2D eigenvalue weighted by Gasteiger charge is -2.18. The van der Waals surface area contributed by atoms with E-state index in [4.69, 9.17) is 14.2 Å². The van der Waals surface area contributed by atoms with E-state index < -0.39 is 6.10 Å². The normalized spacial score (nSPS) is 12.0. The van der Waals surface area contributed by atoms with Crippen molar-refractivity contribution in [1.82, 2.24) is 0 Å². The van der Waals surface area contributed by atoms with Crippen LogP contribution in [0.15, 0.2) is 12.2 Å². The van der Waals surface area contributed by atoms with Crippen LogP contribution in [0.5, 0.6) is 0 Å². The van der Waals surface area contributed by atoms with Crippen molar-refractivity contribution < 1.29 is 28.6 Å². The first kappa shape index (κ1) is 55.2. The molecule has 6 nitrogen and oxygen atoms in total. The highest BCUT2D eigenvalue weighted by Crippen LogP contribution is 2.16. The minimum atomic E-state index is -0.766. The Bertz CT molecular complexity index is 885. The Morgan fingerprint density at radius 3 is 0.895 bits per heavy atom. The van der Waals surface area contributed by atoms with E-state index in [1.807, 2.05) is 0 Å². The smallest absolute Gasteiger partial charge is 0.306 e. The van der Waals surface area contributed by atoms with Gasteiger partial charge in [-0.25, -0.2) is 0 Å². The van der Waals surface area contributed by atoms with Crippen molar-refractivity contribution in [2.75, 3.05) is 13.2 Å². The van der Waals surface area contributed by atoms with Crippen LogP contribution in [0.1, 0.15) is 278 Å². The fraction of sp³-hybridized carbons (Fsp3) is 0.902. The molecule has 1 unspecified atom stereocenters. The van der Waals surface area contributed by atoms with Crippen LogP contribution in [-0.2, 0) is 28.6 Å². The molecular weight excluding hydrogens is 709 g/mol. The third kappa shape index (κ3) is 45.1. The van der Waals surface area contributed by atoms with Crippen LogP contribution in [0.3, 0.4) is 0 Å². The summed E-state index contributed by atoms with van der Waals surface area (Å²) in [6.07, 6.45) is 50.5. The molecule has 0 saturated heterocycles. The van der Waals surface area contributed by atoms with Crippen LogP contribution in [0, 0.1) is 0 Å². The molecule has 0 aromatic carbocycles. The summed E-state index contributed by atoms with van der Waals surface area (Å²) in [5.41, 5.74) is 0. The molecule has 0 saturated carbocycles. The average Bonchev–Trinajstić information content (AvgIpc) is 3.21. The second kappa shape index (κ2) is 46.8. The molecule has 336 valence electrons. The topological polar surface area (TPSA) is 78.9 Å². The van der Waals surface area contributed by atoms with E-state index in [1.165, 1.54) is 173 Å². The summed E-state index contributed by atoms with van der Waals surface area (Å²) in [5, 5.41) is 0. The molecule has 0 aliphatic carbocycles. The molecule has 0 aromatic rings. The first-order valence-corrected chi connectivity index (χ1v) is 25.2. The van der Waals surface area contributed by atoms with Crippen molar-refractivity contribution in [1.29, 1.82) is 0 Å². The fourth-order valence-electron chi connectivity index (χ4n) is 7.44. The molecule has 0 heterocycles. The lowest BCUT2D eigenvalue weighted by atomic mass is 10.0. The van der Waals surface area contributed by atoms with Gasteiger partial charge < -0.3 is 14.2 Å². The van der Waals surface area contributed by atoms with Gasteiger partial charge in [0.25, 0.3) is 0 Å². The molecule has 0 bridgehead atoms. The standard InChI is InChI=1S/C51H96O6/c1-4-7-10-13-16-19-21-23-24-25-26-28-29-32-35-38-41-44-50(53)56-47-48(46-55-49(52)43-40-37-34-31-18-15-12-9-6-3)57-51(54)45-42-39-36-33-30-27-22-20-17-14-11-8-5-2/h20,22,48H,4-19,21,23-47H2,1-3H3/b22-20-. The van der Waals surface area contributed by atoms with Gasteiger partial charge in [-0.3, -0.25) is 14.4 Å². The predicted molar refractivity (Wildman–Crippen MR) is 243 cm³/mol. The zero-order chi connectivity index (χ0) is 41.5. The summed E-state index contributed by atoms with van der Waals surface area (Å²) in [6.45, 7) is 6.63. The Morgan fingerprint density at radius 2 is 0.579 bits per heavy atom. The summed E-state index contributed by atoms with van der Waals surface area (Å²) in [7, 11) is 0. The van der Waals surface area contributed by atoms with Gasteiger partial charge in [0.15, 0.2) is 6.10 Å². The second-order valence-corrected chi connectivity index (χ2v) is 17.1. The van der Waals surface area contributed by atoms with Gasteiger partial charge in [-0.05, 0) is 44.9 Å². The van der Waals surface area contributed by atoms with Crippen molar-refractivity contribution in [3.8, 4) is 0 Å². The summed E-state index contributed by atoms with van der Waals surface area (Å²) < 4.78 is 16.7. The average molecular weight is 805 g/mol. The Hall–Kier alpha value is -1.85. The number of carbonyl (C=O) groups is 3. The molecule has 0 radical (unpaired) electrons. The molecule has 0 N–H and O–H groups in total. The molecule has 0 aromatic heterocycles. The highest BCUT2D eigenvalue weighted by Gasteiger charge is 2.19. The minimum Gasteiger partial charge on any atom is -0.462 e. The second-order valence-electron chi connectivity index (χ2n) is 17.1. The molecule has 0 rings (SSSR count). The Kier molecular flexibility index (Phi) is 45.3. The highest BCUT2D eigenvalue weighted by molar-refractivity contribution is 5.71. The first-order valence-electron chi connectivity index (χ1n) is 25.2. The molecule has 1 atom stereocenters. The van der Waals surface area contributed by atoms with Gasteiger partial charge in [0.05, 0.1) is 0 Å². The van der Waals surface area contributed by atoms with Gasteiger partial charge in [-0.15, -0.1) is 0 Å². The molecule has 0 spiro atoms. The van der Waals surface area contributed by atoms with Gasteiger partial charge in [-0.1, -0.05) is 226 Å². The molecule has 0 aliphatic heterocycles. The molecule has 57 heavy (non-hydrogen) atoms. The maximum absolute atomic E-state index is 12.7. The van der Waals surface area contributed by atoms with Gasteiger partial charge >= 0.3 is 17.9 Å². The SMILES string of the molecule is CCCCCC/C=C\CCCCCCCC(=O)OC(COC(=O)CCCCCCCCCCC)COC(=O)CCCCCCCCCCCCCCCCCCC. The summed E-state index contributed by atoms with van der Waals surface area (Å²) in [4.78, 5) is 37.8. The summed E-state index contributed by atoms with van der Waals surface area (Å²) >= 11 is 0. The number of unbranched alkanes of at least 4 members (excludes halogenated alkanes) is 33.